The molecule has 0 fully saturated rings. The van der Waals surface area contributed by atoms with Gasteiger partial charge in [0.25, 0.3) is 0 Å². The summed E-state index contributed by atoms with van der Waals surface area (Å²) >= 11 is 0. The second kappa shape index (κ2) is 6.11. The third-order valence-corrected chi connectivity index (χ3v) is 2.66. The van der Waals surface area contributed by atoms with Crippen LogP contribution in [0.1, 0.15) is 11.1 Å². The number of hydrogen-bond donors (Lipinski definition) is 0. The van der Waals surface area contributed by atoms with Crippen molar-refractivity contribution in [3.63, 3.8) is 0 Å². The molecule has 0 amide bonds. The van der Waals surface area contributed by atoms with Crippen molar-refractivity contribution in [3.05, 3.63) is 65.0 Å². The van der Waals surface area contributed by atoms with Crippen LogP contribution in [-0.4, -0.2) is 6.61 Å². The molecule has 0 heterocycles. The summed E-state index contributed by atoms with van der Waals surface area (Å²) in [7, 11) is 0. The summed E-state index contributed by atoms with van der Waals surface area (Å²) in [6.45, 7) is 0.0844. The molecule has 102 valence electrons. The Morgan fingerprint density at radius 2 is 1.75 bits per heavy atom. The molecule has 2 nitrogen and oxygen atoms in total. The zero-order valence-electron chi connectivity index (χ0n) is 10.4. The van der Waals surface area contributed by atoms with Crippen LogP contribution in [0.5, 0.6) is 5.75 Å². The molecular weight excluding hydrogens is 267 g/mol. The predicted molar refractivity (Wildman–Crippen MR) is 66.7 cm³/mol. The molecule has 5 heteroatoms. The number of hydrogen-bond acceptors (Lipinski definition) is 2. The van der Waals surface area contributed by atoms with Gasteiger partial charge in [-0.05, 0) is 29.8 Å². The number of nitriles is 1. The molecule has 2 aromatic rings. The minimum Gasteiger partial charge on any atom is -0.492 e. The molecule has 20 heavy (non-hydrogen) atoms. The molecule has 0 saturated heterocycles. The van der Waals surface area contributed by atoms with Crippen molar-refractivity contribution in [2.75, 3.05) is 6.61 Å². The lowest BCUT2D eigenvalue weighted by Gasteiger charge is -2.08. The molecule has 2 aromatic carbocycles. The maximum atomic E-state index is 13.3. The van der Waals surface area contributed by atoms with E-state index in [4.69, 9.17) is 10.00 Å². The lowest BCUT2D eigenvalue weighted by molar-refractivity contribution is 0.319. The maximum Gasteiger partial charge on any atom is 0.144 e. The molecule has 0 aromatic heterocycles. The highest BCUT2D eigenvalue weighted by atomic mass is 19.1. The largest absolute Gasteiger partial charge is 0.492 e. The van der Waals surface area contributed by atoms with E-state index in [9.17, 15) is 13.2 Å². The Labute approximate surface area is 114 Å². The summed E-state index contributed by atoms with van der Waals surface area (Å²) in [6.07, 6.45) is 0.246. The first kappa shape index (κ1) is 13.9. The summed E-state index contributed by atoms with van der Waals surface area (Å²) in [5.74, 6) is -1.88. The average Bonchev–Trinajstić information content (AvgIpc) is 2.38. The van der Waals surface area contributed by atoms with Crippen LogP contribution in [0, 0.1) is 28.8 Å². The number of benzene rings is 2. The molecule has 0 saturated carbocycles. The highest BCUT2D eigenvalue weighted by Crippen LogP contribution is 2.20. The maximum absolute atomic E-state index is 13.3. The number of ether oxygens (including phenoxy) is 1. The summed E-state index contributed by atoms with van der Waals surface area (Å²) < 4.78 is 44.5. The van der Waals surface area contributed by atoms with E-state index >= 15 is 0 Å². The summed E-state index contributed by atoms with van der Waals surface area (Å²) in [5, 5.41) is 8.82. The van der Waals surface area contributed by atoms with Crippen LogP contribution in [0.2, 0.25) is 0 Å². The molecule has 0 aliphatic heterocycles. The second-order valence-electron chi connectivity index (χ2n) is 4.10. The molecule has 0 radical (unpaired) electrons. The quantitative estimate of drug-likeness (QED) is 0.855. The lowest BCUT2D eigenvalue weighted by atomic mass is 10.1. The van der Waals surface area contributed by atoms with E-state index in [1.807, 2.05) is 0 Å². The molecule has 0 N–H and O–H groups in total. The normalized spacial score (nSPS) is 10.1. The standard InChI is InChI=1S/C15H10F3NO/c16-11-6-10(7-12(17)8-11)4-5-20-15-3-1-2-14(18)13(15)9-19/h1-3,6-8H,4-5H2. The van der Waals surface area contributed by atoms with Gasteiger partial charge in [-0.15, -0.1) is 0 Å². The number of nitrogens with zero attached hydrogens (tertiary/aromatic N) is 1. The van der Waals surface area contributed by atoms with E-state index in [-0.39, 0.29) is 24.3 Å². The topological polar surface area (TPSA) is 33.0 Å². The average molecular weight is 277 g/mol. The SMILES string of the molecule is N#Cc1c(F)cccc1OCCc1cc(F)cc(F)c1. The Morgan fingerprint density at radius 1 is 1.05 bits per heavy atom. The first-order chi connectivity index (χ1) is 9.60. The van der Waals surface area contributed by atoms with Crippen molar-refractivity contribution in [2.45, 2.75) is 6.42 Å². The van der Waals surface area contributed by atoms with Gasteiger partial charge in [0.1, 0.15) is 34.8 Å². The fraction of sp³-hybridized carbons (Fsp3) is 0.133. The Hall–Kier alpha value is -2.48. The smallest absolute Gasteiger partial charge is 0.144 e. The lowest BCUT2D eigenvalue weighted by Crippen LogP contribution is -2.04. The van der Waals surface area contributed by atoms with Gasteiger partial charge in [-0.2, -0.15) is 5.26 Å². The van der Waals surface area contributed by atoms with Crippen LogP contribution < -0.4 is 4.74 Å². The second-order valence-corrected chi connectivity index (χ2v) is 4.10. The molecule has 0 spiro atoms. The monoisotopic (exact) mass is 277 g/mol. The van der Waals surface area contributed by atoms with Crippen LogP contribution in [-0.2, 0) is 6.42 Å². The van der Waals surface area contributed by atoms with Crippen molar-refractivity contribution in [1.82, 2.24) is 0 Å². The zero-order chi connectivity index (χ0) is 14.5. The van der Waals surface area contributed by atoms with Gasteiger partial charge in [0, 0.05) is 12.5 Å². The number of halogens is 3. The van der Waals surface area contributed by atoms with Gasteiger partial charge < -0.3 is 4.74 Å². The molecule has 0 aliphatic carbocycles. The van der Waals surface area contributed by atoms with Crippen LogP contribution >= 0.6 is 0 Å². The van der Waals surface area contributed by atoms with E-state index in [1.54, 1.807) is 6.07 Å². The van der Waals surface area contributed by atoms with Gasteiger partial charge >= 0.3 is 0 Å². The fourth-order valence-electron chi connectivity index (χ4n) is 1.77. The van der Waals surface area contributed by atoms with Crippen LogP contribution in [0.15, 0.2) is 36.4 Å². The highest BCUT2D eigenvalue weighted by molar-refractivity contribution is 5.43. The fourth-order valence-corrected chi connectivity index (χ4v) is 1.77. The zero-order valence-corrected chi connectivity index (χ0v) is 10.4. The van der Waals surface area contributed by atoms with E-state index in [0.717, 1.165) is 12.1 Å². The molecule has 0 atom stereocenters. The third kappa shape index (κ3) is 3.29. The minimum atomic E-state index is -0.665. The molecular formula is C15H10F3NO. The Balaban J connectivity index is 2.03. The van der Waals surface area contributed by atoms with E-state index < -0.39 is 17.5 Å². The highest BCUT2D eigenvalue weighted by Gasteiger charge is 2.09. The van der Waals surface area contributed by atoms with Gasteiger partial charge in [-0.25, -0.2) is 13.2 Å². The first-order valence-corrected chi connectivity index (χ1v) is 5.86. The van der Waals surface area contributed by atoms with Crippen molar-refractivity contribution < 1.29 is 17.9 Å². The number of rotatable bonds is 4. The van der Waals surface area contributed by atoms with Crippen LogP contribution in [0.3, 0.4) is 0 Å². The van der Waals surface area contributed by atoms with E-state index in [2.05, 4.69) is 0 Å². The van der Waals surface area contributed by atoms with Crippen LogP contribution in [0.25, 0.3) is 0 Å². The van der Waals surface area contributed by atoms with Gasteiger partial charge in [0.05, 0.1) is 6.61 Å². The van der Waals surface area contributed by atoms with Crippen molar-refractivity contribution >= 4 is 0 Å². The Kier molecular flexibility index (Phi) is 4.26. The van der Waals surface area contributed by atoms with Gasteiger partial charge in [0.15, 0.2) is 0 Å². The summed E-state index contributed by atoms with van der Waals surface area (Å²) in [5.41, 5.74) is 0.246. The Morgan fingerprint density at radius 3 is 2.40 bits per heavy atom. The Bertz CT molecular complexity index is 644. The minimum absolute atomic E-state index is 0.0844. The van der Waals surface area contributed by atoms with E-state index in [0.29, 0.717) is 5.56 Å². The van der Waals surface area contributed by atoms with Gasteiger partial charge in [-0.3, -0.25) is 0 Å². The third-order valence-electron chi connectivity index (χ3n) is 2.66. The summed E-state index contributed by atoms with van der Waals surface area (Å²) in [4.78, 5) is 0. The van der Waals surface area contributed by atoms with Crippen LogP contribution in [0.4, 0.5) is 13.2 Å². The summed E-state index contributed by atoms with van der Waals surface area (Å²) in [6, 6.07) is 8.94. The van der Waals surface area contributed by atoms with Gasteiger partial charge in [0.2, 0.25) is 0 Å². The first-order valence-electron chi connectivity index (χ1n) is 5.86. The van der Waals surface area contributed by atoms with Crippen molar-refractivity contribution in [2.24, 2.45) is 0 Å². The van der Waals surface area contributed by atoms with Gasteiger partial charge in [-0.1, -0.05) is 6.07 Å². The predicted octanol–water partition coefficient (Wildman–Crippen LogP) is 3.60. The van der Waals surface area contributed by atoms with Crippen molar-refractivity contribution in [3.8, 4) is 11.8 Å². The molecule has 0 bridgehead atoms. The molecule has 0 aliphatic rings. The van der Waals surface area contributed by atoms with Crippen molar-refractivity contribution in [1.29, 1.82) is 5.26 Å². The molecule has 0 unspecified atom stereocenters. The van der Waals surface area contributed by atoms with E-state index in [1.165, 1.54) is 24.3 Å². The molecule has 2 rings (SSSR count).